The fourth-order valence-electron chi connectivity index (χ4n) is 2.97. The molecule has 0 aromatic carbocycles. The van der Waals surface area contributed by atoms with Crippen LogP contribution >= 0.6 is 7.82 Å². The van der Waals surface area contributed by atoms with Crippen molar-refractivity contribution in [3.63, 3.8) is 0 Å². The second-order valence-corrected chi connectivity index (χ2v) is 7.88. The molecule has 0 bridgehead atoms. The second-order valence-electron chi connectivity index (χ2n) is 5.56. The van der Waals surface area contributed by atoms with Crippen molar-refractivity contribution in [1.29, 1.82) is 0 Å². The van der Waals surface area contributed by atoms with E-state index in [1.807, 2.05) is 0 Å². The minimum absolute atomic E-state index is 0.112. The predicted molar refractivity (Wildman–Crippen MR) is 80.9 cm³/mol. The van der Waals surface area contributed by atoms with Crippen LogP contribution in [0.2, 0.25) is 0 Å². The van der Waals surface area contributed by atoms with E-state index in [0.29, 0.717) is 24.0 Å². The van der Waals surface area contributed by atoms with Crippen LogP contribution in [0.15, 0.2) is 6.33 Å². The Labute approximate surface area is 126 Å². The Morgan fingerprint density at radius 1 is 1.55 bits per heavy atom. The van der Waals surface area contributed by atoms with Gasteiger partial charge in [-0.2, -0.15) is 0 Å². The predicted octanol–water partition coefficient (Wildman–Crippen LogP) is -1.24. The monoisotopic (exact) mass is 331 g/mol. The third-order valence-electron chi connectivity index (χ3n) is 4.00. The van der Waals surface area contributed by atoms with Gasteiger partial charge >= 0.3 is 126 Å². The standard InChI is InChI=1S/C10H16BFN5O4P/c11-22(18)19-1-4-7(21-22)5(12)10(20-4)17-3-16-6-8(13)14-2-15-9(6)17/h2,4-5,7,10,16,18,22H,1,3,11H2,(H2,13,14,15)/t4?,5?,7-,10?/m1/s1. The molecule has 0 saturated carbocycles. The first-order chi connectivity index (χ1) is 10.5. The Kier molecular flexibility index (Phi) is 3.18. The Bertz CT molecular complexity index is 613. The van der Waals surface area contributed by atoms with Crippen LogP contribution in [0.1, 0.15) is 0 Å². The van der Waals surface area contributed by atoms with Crippen molar-refractivity contribution in [3.8, 4) is 0 Å². The number of fused-ring (bicyclic) bond motifs is 2. The van der Waals surface area contributed by atoms with Gasteiger partial charge in [-0.05, 0) is 0 Å². The Balaban J connectivity index is 1.60. The molecule has 0 amide bonds. The molecule has 9 nitrogen and oxygen atoms in total. The fraction of sp³-hybridized carbons (Fsp3) is 0.600. The molecule has 2 saturated heterocycles. The number of hydrogen-bond acceptors (Lipinski definition) is 9. The van der Waals surface area contributed by atoms with E-state index in [9.17, 15) is 9.28 Å². The summed E-state index contributed by atoms with van der Waals surface area (Å²) in [5, 5.41) is 3.03. The molecule has 4 heterocycles. The van der Waals surface area contributed by atoms with Crippen LogP contribution in [-0.4, -0.2) is 60.3 Å². The van der Waals surface area contributed by atoms with E-state index in [0.717, 1.165) is 0 Å². The molecule has 120 valence electrons. The number of anilines is 3. The van der Waals surface area contributed by atoms with Gasteiger partial charge in [0.1, 0.15) is 0 Å². The van der Waals surface area contributed by atoms with Crippen LogP contribution in [0.25, 0.3) is 0 Å². The van der Waals surface area contributed by atoms with Crippen LogP contribution in [0.4, 0.5) is 21.7 Å². The molecular formula is C10H16BFN5O4P. The van der Waals surface area contributed by atoms with Gasteiger partial charge in [0, 0.05) is 0 Å². The number of nitrogen functional groups attached to an aromatic ring is 1. The topological polar surface area (TPSA) is 115 Å². The summed E-state index contributed by atoms with van der Waals surface area (Å²) in [6.07, 6.45) is -2.40. The maximum atomic E-state index is 14.8. The molecule has 3 unspecified atom stereocenters. The minimum atomic E-state index is -3.27. The number of aromatic nitrogens is 2. The Hall–Kier alpha value is -1.26. The van der Waals surface area contributed by atoms with Gasteiger partial charge in [0.2, 0.25) is 0 Å². The maximum absolute atomic E-state index is 14.8. The number of alkyl halides is 1. The van der Waals surface area contributed by atoms with Gasteiger partial charge in [-0.25, -0.2) is 0 Å². The molecule has 4 N–H and O–H groups in total. The first kappa shape index (κ1) is 14.3. The molecule has 4 atom stereocenters. The van der Waals surface area contributed by atoms with Crippen molar-refractivity contribution in [2.75, 3.05) is 29.2 Å². The summed E-state index contributed by atoms with van der Waals surface area (Å²) in [5.41, 5.74) is 6.33. The SMILES string of the molecule is B[PH]1(O)OCC2OC(N3CNc4c(N)ncnc43)C(F)[C@@H]2O1. The molecule has 0 radical (unpaired) electrons. The summed E-state index contributed by atoms with van der Waals surface area (Å²) in [7, 11) is -1.81. The molecule has 1 aromatic heterocycles. The fourth-order valence-corrected chi connectivity index (χ4v) is 4.30. The summed E-state index contributed by atoms with van der Waals surface area (Å²) in [5.74, 6) is 0.789. The van der Waals surface area contributed by atoms with Gasteiger partial charge in [0.05, 0.1) is 0 Å². The van der Waals surface area contributed by atoms with Crippen LogP contribution in [0.5, 0.6) is 0 Å². The van der Waals surface area contributed by atoms with E-state index in [2.05, 4.69) is 15.3 Å². The molecule has 1 aromatic rings. The van der Waals surface area contributed by atoms with Crippen LogP contribution in [-0.2, 0) is 13.8 Å². The van der Waals surface area contributed by atoms with E-state index >= 15 is 0 Å². The average molecular weight is 331 g/mol. The summed E-state index contributed by atoms with van der Waals surface area (Å²) < 4.78 is 31.1. The number of ether oxygens (including phenoxy) is 1. The van der Waals surface area contributed by atoms with Crippen LogP contribution < -0.4 is 16.0 Å². The molecule has 12 heteroatoms. The zero-order valence-electron chi connectivity index (χ0n) is 11.8. The van der Waals surface area contributed by atoms with Crippen molar-refractivity contribution in [3.05, 3.63) is 6.33 Å². The van der Waals surface area contributed by atoms with Gasteiger partial charge in [-0.15, -0.1) is 0 Å². The second kappa shape index (κ2) is 4.87. The molecule has 4 rings (SSSR count). The van der Waals surface area contributed by atoms with E-state index in [1.165, 1.54) is 13.9 Å². The third-order valence-corrected chi connectivity index (χ3v) is 5.41. The average Bonchev–Trinajstić information content (AvgIpc) is 3.01. The van der Waals surface area contributed by atoms with E-state index < -0.39 is 32.4 Å². The Morgan fingerprint density at radius 3 is 3.18 bits per heavy atom. The first-order valence-corrected chi connectivity index (χ1v) is 9.17. The van der Waals surface area contributed by atoms with Crippen molar-refractivity contribution in [2.24, 2.45) is 0 Å². The van der Waals surface area contributed by atoms with Crippen LogP contribution in [0, 0.1) is 0 Å². The molecule has 3 aliphatic rings. The van der Waals surface area contributed by atoms with Gasteiger partial charge in [0.25, 0.3) is 0 Å². The molecular weight excluding hydrogens is 315 g/mol. The molecule has 2 fully saturated rings. The quantitative estimate of drug-likeness (QED) is 0.429. The van der Waals surface area contributed by atoms with Gasteiger partial charge in [0.15, 0.2) is 0 Å². The molecule has 3 aliphatic heterocycles. The van der Waals surface area contributed by atoms with Crippen molar-refractivity contribution >= 4 is 32.7 Å². The molecule has 0 aliphatic carbocycles. The van der Waals surface area contributed by atoms with E-state index in [4.69, 9.17) is 19.5 Å². The number of hydrogen-bond donors (Lipinski definition) is 3. The summed E-state index contributed by atoms with van der Waals surface area (Å²) in [6, 6.07) is 0. The van der Waals surface area contributed by atoms with Crippen molar-refractivity contribution in [2.45, 2.75) is 24.6 Å². The summed E-state index contributed by atoms with van der Waals surface area (Å²) in [6.45, 7) is 0.415. The number of rotatable bonds is 1. The van der Waals surface area contributed by atoms with Gasteiger partial charge < -0.3 is 0 Å². The Morgan fingerprint density at radius 2 is 2.36 bits per heavy atom. The number of halogens is 1. The first-order valence-electron chi connectivity index (χ1n) is 6.91. The summed E-state index contributed by atoms with van der Waals surface area (Å²) in [4.78, 5) is 19.6. The summed E-state index contributed by atoms with van der Waals surface area (Å²) >= 11 is 0. The third kappa shape index (κ3) is 2.12. The van der Waals surface area contributed by atoms with E-state index in [1.54, 1.807) is 4.90 Å². The van der Waals surface area contributed by atoms with Crippen LogP contribution in [0.3, 0.4) is 0 Å². The van der Waals surface area contributed by atoms with Crippen molar-refractivity contribution in [1.82, 2.24) is 9.97 Å². The number of nitrogens with two attached hydrogens (primary N) is 1. The zero-order valence-corrected chi connectivity index (χ0v) is 12.8. The normalized spacial score (nSPS) is 37.3. The van der Waals surface area contributed by atoms with Gasteiger partial charge in [-0.1, -0.05) is 0 Å². The molecule has 0 spiro atoms. The van der Waals surface area contributed by atoms with E-state index in [-0.39, 0.29) is 6.61 Å². The van der Waals surface area contributed by atoms with Crippen molar-refractivity contribution < 1.29 is 23.1 Å². The number of nitrogens with one attached hydrogen (secondary N) is 1. The van der Waals surface area contributed by atoms with Gasteiger partial charge in [-0.3, -0.25) is 0 Å². The zero-order chi connectivity index (χ0) is 15.5. The molecule has 22 heavy (non-hydrogen) atoms. The number of nitrogens with zero attached hydrogens (tertiary/aromatic N) is 3.